The summed E-state index contributed by atoms with van der Waals surface area (Å²) in [5.41, 5.74) is 0. The molecule has 0 spiro atoms. The van der Waals surface area contributed by atoms with Gasteiger partial charge in [-0.3, -0.25) is 4.79 Å². The van der Waals surface area contributed by atoms with Crippen molar-refractivity contribution in [2.24, 2.45) is 5.92 Å². The summed E-state index contributed by atoms with van der Waals surface area (Å²) in [7, 11) is 2.20. The van der Waals surface area contributed by atoms with E-state index >= 15 is 0 Å². The van der Waals surface area contributed by atoms with Crippen molar-refractivity contribution in [1.29, 1.82) is 0 Å². The summed E-state index contributed by atoms with van der Waals surface area (Å²) in [6, 6.07) is 1.01. The molecule has 3 fully saturated rings. The van der Waals surface area contributed by atoms with Crippen LogP contribution in [0.15, 0.2) is 0 Å². The van der Waals surface area contributed by atoms with Crippen molar-refractivity contribution in [1.82, 2.24) is 9.80 Å². The number of nitrogens with zero attached hydrogens (tertiary/aromatic N) is 2. The number of carbonyl (C=O) groups is 1. The van der Waals surface area contributed by atoms with E-state index < -0.39 is 0 Å². The fourth-order valence-electron chi connectivity index (χ4n) is 3.60. The highest BCUT2D eigenvalue weighted by Gasteiger charge is 2.38. The Morgan fingerprint density at radius 1 is 1.11 bits per heavy atom. The Labute approximate surface area is 116 Å². The molecule has 4 nitrogen and oxygen atoms in total. The van der Waals surface area contributed by atoms with E-state index in [9.17, 15) is 4.79 Å². The topological polar surface area (TPSA) is 32.8 Å². The van der Waals surface area contributed by atoms with Gasteiger partial charge in [0.25, 0.3) is 0 Å². The molecule has 2 saturated heterocycles. The van der Waals surface area contributed by atoms with Crippen LogP contribution in [0, 0.1) is 5.92 Å². The van der Waals surface area contributed by atoms with Crippen molar-refractivity contribution in [3.63, 3.8) is 0 Å². The first-order valence-corrected chi connectivity index (χ1v) is 7.83. The van der Waals surface area contributed by atoms with E-state index in [-0.39, 0.29) is 5.91 Å². The molecule has 3 rings (SSSR count). The molecular weight excluding hydrogens is 240 g/mol. The van der Waals surface area contributed by atoms with E-state index in [1.165, 1.54) is 38.6 Å². The van der Waals surface area contributed by atoms with E-state index in [1.807, 2.05) is 0 Å². The summed E-state index contributed by atoms with van der Waals surface area (Å²) >= 11 is 0. The van der Waals surface area contributed by atoms with Gasteiger partial charge in [0.05, 0.1) is 6.61 Å². The molecule has 1 aliphatic carbocycles. The van der Waals surface area contributed by atoms with Crippen molar-refractivity contribution in [2.45, 2.75) is 50.6 Å². The van der Waals surface area contributed by atoms with Crippen LogP contribution in [0.4, 0.5) is 0 Å². The van der Waals surface area contributed by atoms with E-state index in [0.29, 0.717) is 18.7 Å². The maximum atomic E-state index is 12.3. The molecule has 2 heterocycles. The van der Waals surface area contributed by atoms with Crippen LogP contribution in [0.5, 0.6) is 0 Å². The molecule has 108 valence electrons. The molecule has 0 aromatic rings. The third-order valence-electron chi connectivity index (χ3n) is 4.92. The van der Waals surface area contributed by atoms with E-state index in [0.717, 1.165) is 25.5 Å². The normalized spacial score (nSPS) is 32.2. The van der Waals surface area contributed by atoms with Crippen molar-refractivity contribution in [3.8, 4) is 0 Å². The molecule has 0 radical (unpaired) electrons. The number of rotatable bonds is 5. The smallest absolute Gasteiger partial charge is 0.248 e. The average Bonchev–Trinajstić information content (AvgIpc) is 2.92. The van der Waals surface area contributed by atoms with Gasteiger partial charge in [0, 0.05) is 18.6 Å². The predicted octanol–water partition coefficient (Wildman–Crippen LogP) is 1.50. The van der Waals surface area contributed by atoms with Gasteiger partial charge in [-0.05, 0) is 58.0 Å². The van der Waals surface area contributed by atoms with Crippen LogP contribution in [0.2, 0.25) is 0 Å². The molecule has 1 saturated carbocycles. The molecule has 0 bridgehead atoms. The fourth-order valence-corrected chi connectivity index (χ4v) is 3.60. The van der Waals surface area contributed by atoms with Gasteiger partial charge in [-0.1, -0.05) is 0 Å². The van der Waals surface area contributed by atoms with E-state index in [2.05, 4.69) is 16.8 Å². The summed E-state index contributed by atoms with van der Waals surface area (Å²) < 4.78 is 5.56. The first-order chi connectivity index (χ1) is 9.25. The highest BCUT2D eigenvalue weighted by Crippen LogP contribution is 2.30. The van der Waals surface area contributed by atoms with Gasteiger partial charge in [-0.25, -0.2) is 0 Å². The van der Waals surface area contributed by atoms with Gasteiger partial charge < -0.3 is 14.5 Å². The van der Waals surface area contributed by atoms with Gasteiger partial charge in [0.1, 0.15) is 6.61 Å². The standard InChI is InChI=1S/C15H26N2O2/c1-16-8-2-4-13(16)14-5-3-9-17(14)15(18)11-19-10-12-6-7-12/h12-14H,2-11H2,1H3/t13-,14+/m1/s1. The minimum absolute atomic E-state index is 0.212. The lowest BCUT2D eigenvalue weighted by molar-refractivity contribution is -0.138. The van der Waals surface area contributed by atoms with Crippen LogP contribution >= 0.6 is 0 Å². The molecule has 0 aromatic carbocycles. The molecule has 2 aliphatic heterocycles. The Morgan fingerprint density at radius 2 is 1.84 bits per heavy atom. The maximum absolute atomic E-state index is 12.3. The minimum Gasteiger partial charge on any atom is -0.371 e. The minimum atomic E-state index is 0.212. The SMILES string of the molecule is CN1CCC[C@@H]1[C@@H]1CCCN1C(=O)COCC1CC1. The zero-order valence-corrected chi connectivity index (χ0v) is 12.0. The number of hydrogen-bond acceptors (Lipinski definition) is 3. The monoisotopic (exact) mass is 266 g/mol. The summed E-state index contributed by atoms with van der Waals surface area (Å²) in [5, 5.41) is 0. The van der Waals surface area contributed by atoms with Crippen LogP contribution in [-0.4, -0.2) is 61.1 Å². The third kappa shape index (κ3) is 3.11. The Morgan fingerprint density at radius 3 is 2.53 bits per heavy atom. The first-order valence-electron chi connectivity index (χ1n) is 7.83. The van der Waals surface area contributed by atoms with Crippen LogP contribution in [-0.2, 0) is 9.53 Å². The van der Waals surface area contributed by atoms with Crippen LogP contribution in [0.1, 0.15) is 38.5 Å². The molecule has 1 amide bonds. The van der Waals surface area contributed by atoms with E-state index in [4.69, 9.17) is 4.74 Å². The molecule has 0 unspecified atom stereocenters. The zero-order chi connectivity index (χ0) is 13.2. The van der Waals surface area contributed by atoms with Crippen molar-refractivity contribution < 1.29 is 9.53 Å². The quantitative estimate of drug-likeness (QED) is 0.756. The van der Waals surface area contributed by atoms with Crippen molar-refractivity contribution in [3.05, 3.63) is 0 Å². The second-order valence-corrected chi connectivity index (χ2v) is 6.45. The Kier molecular flexibility index (Phi) is 4.08. The van der Waals surface area contributed by atoms with Gasteiger partial charge >= 0.3 is 0 Å². The van der Waals surface area contributed by atoms with Crippen LogP contribution in [0.25, 0.3) is 0 Å². The number of amides is 1. The first kappa shape index (κ1) is 13.4. The molecular formula is C15H26N2O2. The predicted molar refractivity (Wildman–Crippen MR) is 73.9 cm³/mol. The molecule has 3 aliphatic rings. The molecule has 2 atom stereocenters. The molecule has 19 heavy (non-hydrogen) atoms. The highest BCUT2D eigenvalue weighted by atomic mass is 16.5. The number of hydrogen-bond donors (Lipinski definition) is 0. The summed E-state index contributed by atoms with van der Waals surface area (Å²) in [6.07, 6.45) is 7.42. The second kappa shape index (κ2) is 5.80. The lowest BCUT2D eigenvalue weighted by Gasteiger charge is -2.33. The zero-order valence-electron chi connectivity index (χ0n) is 12.0. The van der Waals surface area contributed by atoms with Gasteiger partial charge in [-0.2, -0.15) is 0 Å². The third-order valence-corrected chi connectivity index (χ3v) is 4.92. The number of likely N-dealkylation sites (N-methyl/N-ethyl adjacent to an activating group) is 1. The van der Waals surface area contributed by atoms with Crippen LogP contribution in [0.3, 0.4) is 0 Å². The fraction of sp³-hybridized carbons (Fsp3) is 0.933. The number of ether oxygens (including phenoxy) is 1. The molecule has 0 N–H and O–H groups in total. The summed E-state index contributed by atoms with van der Waals surface area (Å²) in [6.45, 7) is 3.19. The summed E-state index contributed by atoms with van der Waals surface area (Å²) in [4.78, 5) is 16.8. The van der Waals surface area contributed by atoms with Gasteiger partial charge in [0.2, 0.25) is 5.91 Å². The maximum Gasteiger partial charge on any atom is 0.248 e. The lowest BCUT2D eigenvalue weighted by atomic mass is 10.0. The average molecular weight is 266 g/mol. The lowest BCUT2D eigenvalue weighted by Crippen LogP contribution is -2.48. The second-order valence-electron chi connectivity index (χ2n) is 6.45. The van der Waals surface area contributed by atoms with E-state index in [1.54, 1.807) is 0 Å². The number of carbonyl (C=O) groups excluding carboxylic acids is 1. The highest BCUT2D eigenvalue weighted by molar-refractivity contribution is 5.78. The van der Waals surface area contributed by atoms with Gasteiger partial charge in [0.15, 0.2) is 0 Å². The summed E-state index contributed by atoms with van der Waals surface area (Å²) in [5.74, 6) is 0.951. The number of likely N-dealkylation sites (tertiary alicyclic amines) is 2. The van der Waals surface area contributed by atoms with Gasteiger partial charge in [-0.15, -0.1) is 0 Å². The largest absolute Gasteiger partial charge is 0.371 e. The Hall–Kier alpha value is -0.610. The molecule has 4 heteroatoms. The van der Waals surface area contributed by atoms with Crippen molar-refractivity contribution in [2.75, 3.05) is 33.4 Å². The molecule has 0 aromatic heterocycles. The Bertz CT molecular complexity index is 330. The Balaban J connectivity index is 1.51. The van der Waals surface area contributed by atoms with Crippen molar-refractivity contribution >= 4 is 5.91 Å². The van der Waals surface area contributed by atoms with Crippen LogP contribution < -0.4 is 0 Å².